The lowest BCUT2D eigenvalue weighted by atomic mass is 9.80. The topological polar surface area (TPSA) is 85.4 Å². The number of aromatic nitrogens is 1. The van der Waals surface area contributed by atoms with Gasteiger partial charge in [0.1, 0.15) is 0 Å². The number of nitrogens with two attached hydrogens (primary N) is 1. The van der Waals surface area contributed by atoms with Crippen LogP contribution in [0.3, 0.4) is 0 Å². The molecule has 0 saturated carbocycles. The molecular weight excluding hydrogens is 279 g/mol. The number of fused-ring (bicyclic) bond motifs is 1. The maximum absolute atomic E-state index is 11.5. The Labute approximate surface area is 130 Å². The lowest BCUT2D eigenvalue weighted by molar-refractivity contribution is -0.0893. The van der Waals surface area contributed by atoms with Gasteiger partial charge in [-0.3, -0.25) is 9.78 Å². The van der Waals surface area contributed by atoms with E-state index in [9.17, 15) is 9.90 Å². The fourth-order valence-corrected chi connectivity index (χ4v) is 1.85. The van der Waals surface area contributed by atoms with E-state index in [0.717, 1.165) is 10.8 Å². The van der Waals surface area contributed by atoms with E-state index in [4.69, 9.17) is 10.4 Å². The van der Waals surface area contributed by atoms with Gasteiger partial charge in [0.2, 0.25) is 0 Å². The molecule has 22 heavy (non-hydrogen) atoms. The Hall–Kier alpha value is -1.92. The Morgan fingerprint density at radius 1 is 1.27 bits per heavy atom. The minimum Gasteiger partial charge on any atom is -0.427 e. The SMILES string of the molecule is CC(C)(O)C(C)(C)O[B]c1ccc(C(N)=O)c2ncccc12. The average molecular weight is 299 g/mol. The van der Waals surface area contributed by atoms with Crippen LogP contribution in [0.25, 0.3) is 10.9 Å². The summed E-state index contributed by atoms with van der Waals surface area (Å²) in [7, 11) is 1.58. The van der Waals surface area contributed by atoms with Crippen LogP contribution in [-0.2, 0) is 4.65 Å². The summed E-state index contributed by atoms with van der Waals surface area (Å²) in [5.41, 5.74) is 5.27. The molecule has 6 heteroatoms. The third kappa shape index (κ3) is 3.13. The second kappa shape index (κ2) is 5.70. The van der Waals surface area contributed by atoms with E-state index in [-0.39, 0.29) is 0 Å². The fraction of sp³-hybridized carbons (Fsp3) is 0.375. The summed E-state index contributed by atoms with van der Waals surface area (Å²) in [6.45, 7) is 7.00. The van der Waals surface area contributed by atoms with E-state index in [1.165, 1.54) is 0 Å². The molecule has 0 aliphatic heterocycles. The zero-order valence-electron chi connectivity index (χ0n) is 13.3. The number of rotatable bonds is 5. The highest BCUT2D eigenvalue weighted by Gasteiger charge is 2.35. The summed E-state index contributed by atoms with van der Waals surface area (Å²) in [6, 6.07) is 7.02. The largest absolute Gasteiger partial charge is 0.427 e. The van der Waals surface area contributed by atoms with Crippen molar-refractivity contribution in [2.45, 2.75) is 38.9 Å². The Kier molecular flexibility index (Phi) is 4.27. The molecule has 1 aromatic heterocycles. The molecule has 5 nitrogen and oxygen atoms in total. The molecule has 0 aliphatic rings. The fourth-order valence-electron chi connectivity index (χ4n) is 1.85. The Balaban J connectivity index is 2.38. The summed E-state index contributed by atoms with van der Waals surface area (Å²) in [6.07, 6.45) is 1.61. The van der Waals surface area contributed by atoms with Crippen molar-refractivity contribution in [1.82, 2.24) is 4.98 Å². The molecule has 2 aromatic rings. The zero-order valence-corrected chi connectivity index (χ0v) is 13.3. The third-order valence-corrected chi connectivity index (χ3v) is 4.02. The quantitative estimate of drug-likeness (QED) is 0.811. The number of carbonyl (C=O) groups is 1. The Morgan fingerprint density at radius 3 is 2.55 bits per heavy atom. The van der Waals surface area contributed by atoms with E-state index in [2.05, 4.69) is 4.98 Å². The second-order valence-electron chi connectivity index (χ2n) is 6.27. The van der Waals surface area contributed by atoms with Crippen LogP contribution >= 0.6 is 0 Å². The monoisotopic (exact) mass is 299 g/mol. The molecule has 1 aromatic carbocycles. The maximum atomic E-state index is 11.5. The van der Waals surface area contributed by atoms with Gasteiger partial charge in [0.25, 0.3) is 5.91 Å². The molecule has 3 N–H and O–H groups in total. The number of primary amides is 1. The zero-order chi connectivity index (χ0) is 16.5. The number of hydrogen-bond acceptors (Lipinski definition) is 4. The molecule has 0 bridgehead atoms. The van der Waals surface area contributed by atoms with Crippen LogP contribution in [0.15, 0.2) is 30.5 Å². The lowest BCUT2D eigenvalue weighted by Gasteiger charge is -2.37. The molecule has 0 saturated heterocycles. The van der Waals surface area contributed by atoms with Crippen molar-refractivity contribution in [3.05, 3.63) is 36.0 Å². The Bertz CT molecular complexity index is 708. The number of amides is 1. The van der Waals surface area contributed by atoms with Gasteiger partial charge in [-0.1, -0.05) is 12.1 Å². The van der Waals surface area contributed by atoms with Crippen molar-refractivity contribution in [3.63, 3.8) is 0 Å². The van der Waals surface area contributed by atoms with Gasteiger partial charge >= 0.3 is 7.48 Å². The molecule has 0 unspecified atom stereocenters. The minimum atomic E-state index is -1.01. The van der Waals surface area contributed by atoms with Crippen molar-refractivity contribution < 1.29 is 14.6 Å². The average Bonchev–Trinajstić information content (AvgIpc) is 2.43. The van der Waals surface area contributed by atoms with Gasteiger partial charge in [0.05, 0.1) is 22.3 Å². The van der Waals surface area contributed by atoms with Gasteiger partial charge in [0, 0.05) is 6.20 Å². The van der Waals surface area contributed by atoms with E-state index in [1.54, 1.807) is 45.7 Å². The molecule has 1 amide bonds. The van der Waals surface area contributed by atoms with Gasteiger partial charge in [-0.05, 0) is 50.7 Å². The van der Waals surface area contributed by atoms with Crippen molar-refractivity contribution >= 4 is 29.8 Å². The van der Waals surface area contributed by atoms with Crippen molar-refractivity contribution in [2.24, 2.45) is 5.73 Å². The summed E-state index contributed by atoms with van der Waals surface area (Å²) < 4.78 is 5.77. The first kappa shape index (κ1) is 16.5. The van der Waals surface area contributed by atoms with E-state index in [1.807, 2.05) is 19.9 Å². The molecule has 1 heterocycles. The highest BCUT2D eigenvalue weighted by atomic mass is 16.5. The molecule has 0 atom stereocenters. The van der Waals surface area contributed by atoms with Gasteiger partial charge in [-0.15, -0.1) is 0 Å². The van der Waals surface area contributed by atoms with Crippen LogP contribution in [0, 0.1) is 0 Å². The van der Waals surface area contributed by atoms with Gasteiger partial charge in [-0.25, -0.2) is 0 Å². The highest BCUT2D eigenvalue weighted by Crippen LogP contribution is 2.24. The van der Waals surface area contributed by atoms with Crippen LogP contribution in [0.5, 0.6) is 0 Å². The van der Waals surface area contributed by atoms with Crippen LogP contribution in [0.1, 0.15) is 38.1 Å². The molecular formula is C16H20BN2O3. The van der Waals surface area contributed by atoms with E-state index >= 15 is 0 Å². The van der Waals surface area contributed by atoms with Gasteiger partial charge < -0.3 is 15.5 Å². The van der Waals surface area contributed by atoms with Crippen molar-refractivity contribution in [3.8, 4) is 0 Å². The molecule has 115 valence electrons. The van der Waals surface area contributed by atoms with Crippen LogP contribution in [0.2, 0.25) is 0 Å². The highest BCUT2D eigenvalue weighted by molar-refractivity contribution is 6.51. The first-order valence-electron chi connectivity index (χ1n) is 7.04. The van der Waals surface area contributed by atoms with Crippen molar-refractivity contribution in [1.29, 1.82) is 0 Å². The van der Waals surface area contributed by atoms with Crippen molar-refractivity contribution in [2.75, 3.05) is 0 Å². The van der Waals surface area contributed by atoms with Gasteiger partial charge in [0.15, 0.2) is 0 Å². The maximum Gasteiger partial charge on any atom is 0.331 e. The first-order valence-corrected chi connectivity index (χ1v) is 7.04. The number of nitrogens with zero attached hydrogens (tertiary/aromatic N) is 1. The summed E-state index contributed by atoms with van der Waals surface area (Å²) >= 11 is 0. The number of benzene rings is 1. The Morgan fingerprint density at radius 2 is 1.95 bits per heavy atom. The second-order valence-corrected chi connectivity index (χ2v) is 6.27. The van der Waals surface area contributed by atoms with E-state index in [0.29, 0.717) is 11.1 Å². The normalized spacial score (nSPS) is 12.4. The smallest absolute Gasteiger partial charge is 0.331 e. The van der Waals surface area contributed by atoms with E-state index < -0.39 is 17.1 Å². The lowest BCUT2D eigenvalue weighted by Crippen LogP contribution is -2.49. The van der Waals surface area contributed by atoms with Crippen LogP contribution in [-0.4, -0.2) is 34.7 Å². The van der Waals surface area contributed by atoms with Gasteiger partial charge in [-0.2, -0.15) is 0 Å². The van der Waals surface area contributed by atoms with Crippen LogP contribution in [0.4, 0.5) is 0 Å². The molecule has 2 rings (SSSR count). The molecule has 0 fully saturated rings. The predicted molar refractivity (Wildman–Crippen MR) is 87.1 cm³/mol. The minimum absolute atomic E-state index is 0.370. The number of carbonyl (C=O) groups excluding carboxylic acids is 1. The molecule has 0 aliphatic carbocycles. The number of hydrogen-bond donors (Lipinski definition) is 2. The molecule has 1 radical (unpaired) electrons. The standard InChI is InChI=1S/C16H20BN2O3/c1-15(2,21)16(3,4)22-17-12-8-7-11(14(18)20)13-10(12)6-5-9-19-13/h5-9,21H,1-4H3,(H2,18,20). The third-order valence-electron chi connectivity index (χ3n) is 4.02. The first-order chi connectivity index (χ1) is 10.1. The summed E-state index contributed by atoms with van der Waals surface area (Å²) in [5.74, 6) is -0.520. The summed E-state index contributed by atoms with van der Waals surface area (Å²) in [5, 5.41) is 10.9. The predicted octanol–water partition coefficient (Wildman–Crippen LogP) is 1.14. The van der Waals surface area contributed by atoms with Crippen LogP contribution < -0.4 is 11.2 Å². The summed E-state index contributed by atoms with van der Waals surface area (Å²) in [4.78, 5) is 15.7. The molecule has 0 spiro atoms. The number of aliphatic hydroxyl groups is 1. The number of pyridine rings is 1.